The van der Waals surface area contributed by atoms with Crippen LogP contribution in [-0.2, 0) is 14.3 Å². The highest BCUT2D eigenvalue weighted by atomic mass is 16.5. The van der Waals surface area contributed by atoms with Crippen molar-refractivity contribution in [2.75, 3.05) is 6.61 Å². The monoisotopic (exact) mass is 398 g/mol. The Labute approximate surface area is 174 Å². The molecule has 0 amide bonds. The van der Waals surface area contributed by atoms with Crippen LogP contribution in [0.1, 0.15) is 65.7 Å². The molecule has 0 aliphatic heterocycles. The first-order chi connectivity index (χ1) is 13.7. The number of hydrogen-bond acceptors (Lipinski definition) is 4. The van der Waals surface area contributed by atoms with E-state index in [0.29, 0.717) is 43.6 Å². The second-order valence-electron chi connectivity index (χ2n) is 9.97. The molecule has 2 saturated carbocycles. The molecule has 6 atom stereocenters. The topological polar surface area (TPSA) is 63.6 Å². The number of aliphatic hydroxyl groups is 1. The molecule has 4 aliphatic rings. The van der Waals surface area contributed by atoms with Gasteiger partial charge in [0.15, 0.2) is 5.78 Å². The van der Waals surface area contributed by atoms with Gasteiger partial charge in [-0.15, -0.1) is 0 Å². The molecule has 0 radical (unpaired) electrons. The standard InChI is InChI=1S/C25H34O4/c1-4-22(27)29-15-5-11-25(28)14-10-21-19-7-6-17-16-18(26)8-12-23(17,2)20(19)9-13-24(21,25)3/h6-8,12,16,19-21,28H,4-5,9-11,13-15H2,1-3H3/t19-,20+,21+,23+,24+,25+/m1/s1. The molecular formula is C25H34O4. The molecule has 1 N–H and O–H groups in total. The van der Waals surface area contributed by atoms with E-state index >= 15 is 0 Å². The largest absolute Gasteiger partial charge is 0.466 e. The molecule has 0 spiro atoms. The van der Waals surface area contributed by atoms with Crippen LogP contribution in [0.3, 0.4) is 0 Å². The number of carbonyl (C=O) groups excluding carboxylic acids is 2. The van der Waals surface area contributed by atoms with Crippen LogP contribution < -0.4 is 0 Å². The number of carbonyl (C=O) groups is 2. The zero-order chi connectivity index (χ0) is 20.9. The molecule has 0 bridgehead atoms. The van der Waals surface area contributed by atoms with Crippen LogP contribution in [0, 0.1) is 28.6 Å². The molecule has 158 valence electrons. The van der Waals surface area contributed by atoms with Crippen LogP contribution in [0.2, 0.25) is 0 Å². The van der Waals surface area contributed by atoms with Crippen molar-refractivity contribution < 1.29 is 19.4 Å². The van der Waals surface area contributed by atoms with Crippen molar-refractivity contribution in [1.82, 2.24) is 0 Å². The van der Waals surface area contributed by atoms with E-state index < -0.39 is 5.60 Å². The first-order valence-corrected chi connectivity index (χ1v) is 11.2. The summed E-state index contributed by atoms with van der Waals surface area (Å²) in [5.41, 5.74) is 0.258. The van der Waals surface area contributed by atoms with Crippen molar-refractivity contribution in [3.05, 3.63) is 36.0 Å². The highest BCUT2D eigenvalue weighted by Crippen LogP contribution is 2.66. The summed E-state index contributed by atoms with van der Waals surface area (Å²) in [7, 11) is 0. The van der Waals surface area contributed by atoms with Crippen molar-refractivity contribution in [2.45, 2.75) is 71.3 Å². The van der Waals surface area contributed by atoms with Crippen molar-refractivity contribution >= 4 is 11.8 Å². The first kappa shape index (κ1) is 20.6. The second kappa shape index (κ2) is 7.23. The summed E-state index contributed by atoms with van der Waals surface area (Å²) in [5.74, 6) is 1.27. The van der Waals surface area contributed by atoms with Crippen LogP contribution in [0.15, 0.2) is 36.0 Å². The summed E-state index contributed by atoms with van der Waals surface area (Å²) in [6, 6.07) is 0. The molecule has 2 fully saturated rings. The fourth-order valence-corrected chi connectivity index (χ4v) is 6.83. The highest BCUT2D eigenvalue weighted by molar-refractivity contribution is 6.01. The Morgan fingerprint density at radius 3 is 2.72 bits per heavy atom. The summed E-state index contributed by atoms with van der Waals surface area (Å²) in [4.78, 5) is 23.2. The van der Waals surface area contributed by atoms with E-state index in [1.807, 2.05) is 0 Å². The summed E-state index contributed by atoms with van der Waals surface area (Å²) in [5, 5.41) is 11.7. The molecule has 0 unspecified atom stereocenters. The minimum atomic E-state index is -0.690. The molecule has 0 aromatic carbocycles. The van der Waals surface area contributed by atoms with Gasteiger partial charge in [0.2, 0.25) is 0 Å². The molecule has 0 aromatic rings. The molecule has 0 aromatic heterocycles. The number of ketones is 1. The zero-order valence-corrected chi connectivity index (χ0v) is 17.9. The van der Waals surface area contributed by atoms with E-state index in [9.17, 15) is 14.7 Å². The number of rotatable bonds is 5. The SMILES string of the molecule is CCC(=O)OCCC[C@]1(O)CC[C@H]2[C@@H]3C=CC4=CC(=O)C=C[C@]4(C)[C@H]3CC[C@@]21C. The number of allylic oxidation sites excluding steroid dienone is 6. The molecule has 4 rings (SSSR count). The Bertz CT molecular complexity index is 793. The van der Waals surface area contributed by atoms with Gasteiger partial charge < -0.3 is 9.84 Å². The maximum atomic E-state index is 11.9. The maximum Gasteiger partial charge on any atom is 0.305 e. The average Bonchev–Trinajstić information content (AvgIpc) is 2.97. The van der Waals surface area contributed by atoms with Gasteiger partial charge >= 0.3 is 5.97 Å². The van der Waals surface area contributed by atoms with Gasteiger partial charge in [-0.05, 0) is 79.4 Å². The van der Waals surface area contributed by atoms with Gasteiger partial charge in [0.25, 0.3) is 0 Å². The average molecular weight is 399 g/mol. The van der Waals surface area contributed by atoms with Crippen LogP contribution in [0.25, 0.3) is 0 Å². The number of fused-ring (bicyclic) bond motifs is 5. The minimum absolute atomic E-state index is 0.0796. The van der Waals surface area contributed by atoms with Crippen LogP contribution in [0.5, 0.6) is 0 Å². The molecule has 0 saturated heterocycles. The van der Waals surface area contributed by atoms with Gasteiger partial charge in [-0.2, -0.15) is 0 Å². The van der Waals surface area contributed by atoms with Crippen molar-refractivity contribution in [3.63, 3.8) is 0 Å². The van der Waals surface area contributed by atoms with Gasteiger partial charge in [-0.1, -0.05) is 39.0 Å². The summed E-state index contributed by atoms with van der Waals surface area (Å²) in [6.07, 6.45) is 15.8. The van der Waals surface area contributed by atoms with Gasteiger partial charge in [-0.3, -0.25) is 9.59 Å². The van der Waals surface area contributed by atoms with Crippen LogP contribution >= 0.6 is 0 Å². The maximum absolute atomic E-state index is 11.9. The fraction of sp³-hybridized carbons (Fsp3) is 0.680. The molecular weight excluding hydrogens is 364 g/mol. The number of ether oxygens (including phenoxy) is 1. The van der Waals surface area contributed by atoms with E-state index in [4.69, 9.17) is 4.74 Å². The van der Waals surface area contributed by atoms with E-state index in [1.165, 1.54) is 0 Å². The highest BCUT2D eigenvalue weighted by Gasteiger charge is 2.62. The van der Waals surface area contributed by atoms with Crippen molar-refractivity contribution in [1.29, 1.82) is 0 Å². The Kier molecular flexibility index (Phi) is 5.13. The van der Waals surface area contributed by atoms with E-state index in [-0.39, 0.29) is 22.6 Å². The number of esters is 1. The molecule has 4 nitrogen and oxygen atoms in total. The molecule has 0 heterocycles. The Morgan fingerprint density at radius 2 is 1.97 bits per heavy atom. The van der Waals surface area contributed by atoms with Crippen molar-refractivity contribution in [3.8, 4) is 0 Å². The zero-order valence-electron chi connectivity index (χ0n) is 17.9. The second-order valence-corrected chi connectivity index (χ2v) is 9.97. The predicted octanol–water partition coefficient (Wildman–Crippen LogP) is 4.53. The summed E-state index contributed by atoms with van der Waals surface area (Å²) in [6.45, 7) is 6.75. The lowest BCUT2D eigenvalue weighted by molar-refractivity contribution is -0.145. The molecule has 4 aliphatic carbocycles. The van der Waals surface area contributed by atoms with Gasteiger partial charge in [0.1, 0.15) is 0 Å². The van der Waals surface area contributed by atoms with E-state index in [0.717, 1.165) is 31.3 Å². The number of hydrogen-bond donors (Lipinski definition) is 1. The quantitative estimate of drug-likeness (QED) is 0.546. The predicted molar refractivity (Wildman–Crippen MR) is 112 cm³/mol. The van der Waals surface area contributed by atoms with Crippen molar-refractivity contribution in [2.24, 2.45) is 28.6 Å². The van der Waals surface area contributed by atoms with Crippen LogP contribution in [0.4, 0.5) is 0 Å². The van der Waals surface area contributed by atoms with Gasteiger partial charge in [-0.25, -0.2) is 0 Å². The Balaban J connectivity index is 1.52. The minimum Gasteiger partial charge on any atom is -0.466 e. The Hall–Kier alpha value is -1.68. The normalized spacial score (nSPS) is 42.7. The molecule has 29 heavy (non-hydrogen) atoms. The van der Waals surface area contributed by atoms with E-state index in [2.05, 4.69) is 32.1 Å². The summed E-state index contributed by atoms with van der Waals surface area (Å²) >= 11 is 0. The third-order valence-electron chi connectivity index (χ3n) is 8.72. The van der Waals surface area contributed by atoms with E-state index in [1.54, 1.807) is 19.1 Å². The molecule has 4 heteroatoms. The third-order valence-corrected chi connectivity index (χ3v) is 8.72. The smallest absolute Gasteiger partial charge is 0.305 e. The third kappa shape index (κ3) is 3.15. The Morgan fingerprint density at radius 1 is 1.21 bits per heavy atom. The lowest BCUT2D eigenvalue weighted by atomic mass is 9.49. The summed E-state index contributed by atoms with van der Waals surface area (Å²) < 4.78 is 5.23. The fourth-order valence-electron chi connectivity index (χ4n) is 6.83. The van der Waals surface area contributed by atoms with Crippen LogP contribution in [-0.4, -0.2) is 29.1 Å². The first-order valence-electron chi connectivity index (χ1n) is 11.2. The lowest BCUT2D eigenvalue weighted by Crippen LogP contribution is -2.53. The van der Waals surface area contributed by atoms with Gasteiger partial charge in [0, 0.05) is 11.8 Å². The van der Waals surface area contributed by atoms with Gasteiger partial charge in [0.05, 0.1) is 12.2 Å². The lowest BCUT2D eigenvalue weighted by Gasteiger charge is -2.56.